The van der Waals surface area contributed by atoms with Crippen LogP contribution in [0.1, 0.15) is 11.3 Å². The third-order valence-corrected chi connectivity index (χ3v) is 4.25. The lowest BCUT2D eigenvalue weighted by atomic mass is 10.1. The Hall–Kier alpha value is -4.04. The van der Waals surface area contributed by atoms with Crippen molar-refractivity contribution in [3.05, 3.63) is 99.0 Å². The van der Waals surface area contributed by atoms with Gasteiger partial charge in [-0.15, -0.1) is 0 Å². The van der Waals surface area contributed by atoms with E-state index in [9.17, 15) is 10.1 Å². The van der Waals surface area contributed by atoms with Gasteiger partial charge in [0.15, 0.2) is 0 Å². The fraction of sp³-hybridized carbons (Fsp3) is 0. The van der Waals surface area contributed by atoms with Gasteiger partial charge in [-0.05, 0) is 42.5 Å². The molecule has 2 heterocycles. The zero-order valence-electron chi connectivity index (χ0n) is 14.3. The second kappa shape index (κ2) is 6.70. The van der Waals surface area contributed by atoms with Gasteiger partial charge >= 0.3 is 0 Å². The molecule has 0 bridgehead atoms. The average molecular weight is 353 g/mol. The van der Waals surface area contributed by atoms with Crippen molar-refractivity contribution >= 4 is 12.7 Å². The van der Waals surface area contributed by atoms with Crippen LogP contribution >= 0.6 is 0 Å². The molecule has 0 amide bonds. The molecule has 0 saturated heterocycles. The van der Waals surface area contributed by atoms with Crippen LogP contribution in [0.25, 0.3) is 29.7 Å². The Morgan fingerprint density at radius 3 is 2.56 bits per heavy atom. The Bertz CT molecular complexity index is 1320. The maximum absolute atomic E-state index is 12.7. The molecule has 0 spiro atoms. The van der Waals surface area contributed by atoms with Crippen LogP contribution in [0.3, 0.4) is 0 Å². The maximum Gasteiger partial charge on any atom is 0.279 e. The predicted molar refractivity (Wildman–Crippen MR) is 104 cm³/mol. The zero-order chi connectivity index (χ0) is 18.8. The van der Waals surface area contributed by atoms with Gasteiger partial charge in [-0.2, -0.15) is 5.26 Å². The summed E-state index contributed by atoms with van der Waals surface area (Å²) >= 11 is 0. The van der Waals surface area contributed by atoms with Crippen molar-refractivity contribution in [3.8, 4) is 23.1 Å². The van der Waals surface area contributed by atoms with Crippen LogP contribution in [0.4, 0.5) is 0 Å². The first-order valence-electron chi connectivity index (χ1n) is 8.34. The van der Waals surface area contributed by atoms with Gasteiger partial charge in [0.2, 0.25) is 0 Å². The first-order valence-corrected chi connectivity index (χ1v) is 8.34. The average Bonchev–Trinajstić information content (AvgIpc) is 3.29. The number of H-pyrrole nitrogens is 1. The molecule has 2 aromatic heterocycles. The molecular formula is C22H15N3O2. The van der Waals surface area contributed by atoms with Gasteiger partial charge in [0.05, 0.1) is 27.9 Å². The number of aromatic nitrogens is 2. The minimum absolute atomic E-state index is 0.207. The fourth-order valence-corrected chi connectivity index (χ4v) is 2.92. The Kier molecular flexibility index (Phi) is 4.07. The van der Waals surface area contributed by atoms with Crippen molar-refractivity contribution in [3.63, 3.8) is 0 Å². The number of nitriles is 1. The van der Waals surface area contributed by atoms with E-state index in [1.54, 1.807) is 30.3 Å². The summed E-state index contributed by atoms with van der Waals surface area (Å²) in [4.78, 5) is 12.7. The molecule has 0 atom stereocenters. The van der Waals surface area contributed by atoms with Gasteiger partial charge in [0, 0.05) is 5.56 Å². The van der Waals surface area contributed by atoms with Crippen molar-refractivity contribution < 1.29 is 4.42 Å². The number of hydrogen-bond acceptors (Lipinski definition) is 3. The summed E-state index contributed by atoms with van der Waals surface area (Å²) in [6, 6.07) is 22.2. The summed E-state index contributed by atoms with van der Waals surface area (Å²) in [6.07, 6.45) is 1.65. The number of nitrogens with zero attached hydrogens (tertiary/aromatic N) is 2. The van der Waals surface area contributed by atoms with Gasteiger partial charge in [-0.3, -0.25) is 9.89 Å². The quantitative estimate of drug-likeness (QED) is 0.615. The minimum Gasteiger partial charge on any atom is -0.457 e. The molecule has 0 aliphatic heterocycles. The van der Waals surface area contributed by atoms with Crippen molar-refractivity contribution in [1.82, 2.24) is 9.78 Å². The van der Waals surface area contributed by atoms with E-state index in [1.807, 2.05) is 42.5 Å². The number of para-hydroxylation sites is 1. The normalized spacial score (nSPS) is 11.4. The number of aromatic amines is 1. The Balaban J connectivity index is 1.80. The lowest BCUT2D eigenvalue weighted by molar-refractivity contribution is 0.571. The van der Waals surface area contributed by atoms with E-state index in [4.69, 9.17) is 4.42 Å². The monoisotopic (exact) mass is 353 g/mol. The van der Waals surface area contributed by atoms with Gasteiger partial charge in [-0.25, -0.2) is 4.68 Å². The van der Waals surface area contributed by atoms with Crippen LogP contribution in [0.2, 0.25) is 0 Å². The summed E-state index contributed by atoms with van der Waals surface area (Å²) in [6.45, 7) is 3.92. The number of hydrogen-bond donors (Lipinski definition) is 1. The third-order valence-electron chi connectivity index (χ3n) is 4.25. The molecule has 0 saturated carbocycles. The summed E-state index contributed by atoms with van der Waals surface area (Å²) < 4.78 is 7.29. The third kappa shape index (κ3) is 3.00. The van der Waals surface area contributed by atoms with E-state index in [-0.39, 0.29) is 5.56 Å². The molecule has 0 aliphatic rings. The SMILES string of the molecule is C=c1[nH]n(-c2ccccc2)c(=O)/c1=C\c1ccc(-c2ccccc2C#N)o1. The lowest BCUT2D eigenvalue weighted by Crippen LogP contribution is -2.33. The molecule has 4 aromatic rings. The van der Waals surface area contributed by atoms with Gasteiger partial charge in [0.25, 0.3) is 5.56 Å². The van der Waals surface area contributed by atoms with Crippen molar-refractivity contribution in [1.29, 1.82) is 5.26 Å². The molecule has 130 valence electrons. The van der Waals surface area contributed by atoms with E-state index in [0.29, 0.717) is 33.2 Å². The van der Waals surface area contributed by atoms with Gasteiger partial charge < -0.3 is 4.42 Å². The lowest BCUT2D eigenvalue weighted by Gasteiger charge is -1.99. The molecule has 0 aliphatic carbocycles. The van der Waals surface area contributed by atoms with E-state index in [0.717, 1.165) is 5.69 Å². The zero-order valence-corrected chi connectivity index (χ0v) is 14.3. The highest BCUT2D eigenvalue weighted by molar-refractivity contribution is 5.67. The van der Waals surface area contributed by atoms with E-state index < -0.39 is 0 Å². The highest BCUT2D eigenvalue weighted by atomic mass is 16.3. The second-order valence-electron chi connectivity index (χ2n) is 5.98. The molecule has 1 N–H and O–H groups in total. The first-order chi connectivity index (χ1) is 13.2. The van der Waals surface area contributed by atoms with Crippen LogP contribution < -0.4 is 16.1 Å². The van der Waals surface area contributed by atoms with Crippen LogP contribution in [-0.2, 0) is 0 Å². The van der Waals surface area contributed by atoms with Crippen molar-refractivity contribution in [2.75, 3.05) is 0 Å². The molecule has 2 aromatic carbocycles. The van der Waals surface area contributed by atoms with Crippen molar-refractivity contribution in [2.24, 2.45) is 0 Å². The Labute approximate surface area is 154 Å². The topological polar surface area (TPSA) is 74.7 Å². The fourth-order valence-electron chi connectivity index (χ4n) is 2.92. The maximum atomic E-state index is 12.7. The van der Waals surface area contributed by atoms with Gasteiger partial charge in [0.1, 0.15) is 11.5 Å². The van der Waals surface area contributed by atoms with Crippen LogP contribution in [0, 0.1) is 11.3 Å². The molecule has 0 radical (unpaired) electrons. The number of furan rings is 1. The second-order valence-corrected chi connectivity index (χ2v) is 5.98. The van der Waals surface area contributed by atoms with E-state index in [1.165, 1.54) is 4.68 Å². The molecule has 5 nitrogen and oxygen atoms in total. The Morgan fingerprint density at radius 2 is 1.78 bits per heavy atom. The van der Waals surface area contributed by atoms with E-state index in [2.05, 4.69) is 17.7 Å². The summed E-state index contributed by atoms with van der Waals surface area (Å²) in [5.41, 5.74) is 1.77. The highest BCUT2D eigenvalue weighted by Crippen LogP contribution is 2.25. The largest absolute Gasteiger partial charge is 0.457 e. The molecule has 27 heavy (non-hydrogen) atoms. The predicted octanol–water partition coefficient (Wildman–Crippen LogP) is 2.54. The molecular weight excluding hydrogens is 338 g/mol. The first kappa shape index (κ1) is 16.4. The van der Waals surface area contributed by atoms with Crippen LogP contribution in [0.5, 0.6) is 0 Å². The summed E-state index contributed by atoms with van der Waals surface area (Å²) in [5.74, 6) is 1.09. The summed E-state index contributed by atoms with van der Waals surface area (Å²) in [5, 5.41) is 13.2. The standard InChI is InChI=1S/C22H15N3O2/c1-15-20(22(26)25(24-15)17-8-3-2-4-9-17)13-18-11-12-21(27-18)19-10-6-5-7-16(19)14-23/h2-13,24H,1H2/b20-13-. The number of benzene rings is 2. The van der Waals surface area contributed by atoms with Crippen LogP contribution in [-0.4, -0.2) is 9.78 Å². The number of nitrogens with one attached hydrogen (secondary N) is 1. The van der Waals surface area contributed by atoms with Crippen molar-refractivity contribution in [2.45, 2.75) is 0 Å². The van der Waals surface area contributed by atoms with E-state index >= 15 is 0 Å². The van der Waals surface area contributed by atoms with Crippen LogP contribution in [0.15, 0.2) is 75.9 Å². The highest BCUT2D eigenvalue weighted by Gasteiger charge is 2.09. The molecule has 4 rings (SSSR count). The smallest absolute Gasteiger partial charge is 0.279 e. The Morgan fingerprint density at radius 1 is 1.04 bits per heavy atom. The molecule has 5 heteroatoms. The minimum atomic E-state index is -0.207. The van der Waals surface area contributed by atoms with Gasteiger partial charge in [-0.1, -0.05) is 36.9 Å². The molecule has 0 unspecified atom stereocenters. The number of rotatable bonds is 3. The molecule has 0 fully saturated rings. The summed E-state index contributed by atoms with van der Waals surface area (Å²) in [7, 11) is 0.